The number of aromatic nitrogens is 4. The number of hydrogen-bond donors (Lipinski definition) is 2. The van der Waals surface area contributed by atoms with Crippen molar-refractivity contribution in [3.05, 3.63) is 59.4 Å². The summed E-state index contributed by atoms with van der Waals surface area (Å²) in [4.78, 5) is 0. The molecule has 3 aromatic rings. The molecule has 2 aromatic carbocycles. The van der Waals surface area contributed by atoms with E-state index in [0.717, 1.165) is 30.4 Å². The summed E-state index contributed by atoms with van der Waals surface area (Å²) < 4.78 is 18.7. The molecule has 2 N–H and O–H groups in total. The van der Waals surface area contributed by atoms with Crippen molar-refractivity contribution in [1.82, 2.24) is 25.9 Å². The van der Waals surface area contributed by atoms with Crippen LogP contribution < -0.4 is 10.1 Å². The molecule has 1 fully saturated rings. The Bertz CT molecular complexity index is 913. The van der Waals surface area contributed by atoms with Crippen LogP contribution in [0.2, 0.25) is 0 Å². The maximum Gasteiger partial charge on any atom is 0.204 e. The maximum absolute atomic E-state index is 13.6. The number of rotatable bonds is 6. The lowest BCUT2D eigenvalue weighted by atomic mass is 9.96. The Morgan fingerprint density at radius 1 is 1.18 bits per heavy atom. The Labute approximate surface area is 163 Å². The van der Waals surface area contributed by atoms with Gasteiger partial charge in [-0.3, -0.25) is 0 Å². The fourth-order valence-electron chi connectivity index (χ4n) is 4.02. The van der Waals surface area contributed by atoms with E-state index in [9.17, 15) is 4.39 Å². The largest absolute Gasteiger partial charge is 0.494 e. The minimum absolute atomic E-state index is 0.138. The molecule has 7 heteroatoms. The van der Waals surface area contributed by atoms with E-state index in [4.69, 9.17) is 4.74 Å². The lowest BCUT2D eigenvalue weighted by Gasteiger charge is -2.21. The second-order valence-corrected chi connectivity index (χ2v) is 7.35. The quantitative estimate of drug-likeness (QED) is 0.675. The number of halogens is 1. The molecule has 3 atom stereocenters. The first kappa shape index (κ1) is 18.6. The van der Waals surface area contributed by atoms with E-state index in [1.807, 2.05) is 18.2 Å². The molecule has 1 aromatic heterocycles. The average molecular weight is 381 g/mol. The van der Waals surface area contributed by atoms with Crippen LogP contribution in [0.3, 0.4) is 0 Å². The summed E-state index contributed by atoms with van der Waals surface area (Å²) in [7, 11) is 1.49. The maximum atomic E-state index is 13.6. The third-order valence-corrected chi connectivity index (χ3v) is 5.58. The van der Waals surface area contributed by atoms with Crippen LogP contribution >= 0.6 is 0 Å². The zero-order valence-corrected chi connectivity index (χ0v) is 16.0. The number of benzene rings is 2. The molecule has 6 nitrogen and oxygen atoms in total. The normalized spacial score (nSPS) is 20.2. The SMILES string of the molecule is COc1cc([C@@H](C)N[C@H]2CCC(c3ccc(-c4nn[nH]n4)cc3)C2)ccc1F. The molecule has 1 saturated carbocycles. The summed E-state index contributed by atoms with van der Waals surface area (Å²) >= 11 is 0. The molecule has 0 spiro atoms. The molecule has 0 aliphatic heterocycles. The number of ether oxygens (including phenoxy) is 1. The first-order valence-electron chi connectivity index (χ1n) is 9.57. The van der Waals surface area contributed by atoms with E-state index in [1.54, 1.807) is 6.07 Å². The van der Waals surface area contributed by atoms with Gasteiger partial charge < -0.3 is 10.1 Å². The topological polar surface area (TPSA) is 75.7 Å². The average Bonchev–Trinajstić information content (AvgIpc) is 3.41. The van der Waals surface area contributed by atoms with E-state index < -0.39 is 0 Å². The summed E-state index contributed by atoms with van der Waals surface area (Å²) in [6.45, 7) is 2.11. The Balaban J connectivity index is 1.37. The van der Waals surface area contributed by atoms with E-state index in [-0.39, 0.29) is 17.6 Å². The summed E-state index contributed by atoms with van der Waals surface area (Å²) in [6, 6.07) is 14.1. The minimum Gasteiger partial charge on any atom is -0.494 e. The van der Waals surface area contributed by atoms with Crippen LogP contribution in [-0.4, -0.2) is 33.8 Å². The van der Waals surface area contributed by atoms with Crippen molar-refractivity contribution < 1.29 is 9.13 Å². The first-order chi connectivity index (χ1) is 13.6. The molecule has 0 amide bonds. The van der Waals surface area contributed by atoms with E-state index in [1.165, 1.54) is 18.7 Å². The van der Waals surface area contributed by atoms with Gasteiger partial charge in [0.25, 0.3) is 0 Å². The van der Waals surface area contributed by atoms with Crippen molar-refractivity contribution in [3.63, 3.8) is 0 Å². The van der Waals surface area contributed by atoms with Crippen LogP contribution in [0.25, 0.3) is 11.4 Å². The summed E-state index contributed by atoms with van der Waals surface area (Å²) in [6.07, 6.45) is 3.36. The van der Waals surface area contributed by atoms with Crippen molar-refractivity contribution in [2.45, 2.75) is 44.2 Å². The molecule has 1 heterocycles. The van der Waals surface area contributed by atoms with Crippen molar-refractivity contribution >= 4 is 0 Å². The molecule has 1 unspecified atom stereocenters. The molecule has 1 aliphatic rings. The number of aromatic amines is 1. The van der Waals surface area contributed by atoms with E-state index in [0.29, 0.717) is 17.8 Å². The molecule has 0 saturated heterocycles. The zero-order valence-electron chi connectivity index (χ0n) is 16.0. The number of nitrogens with zero attached hydrogens (tertiary/aromatic N) is 3. The minimum atomic E-state index is -0.330. The third-order valence-electron chi connectivity index (χ3n) is 5.58. The predicted octanol–water partition coefficient (Wildman–Crippen LogP) is 4.00. The van der Waals surface area contributed by atoms with Gasteiger partial charge in [-0.25, -0.2) is 4.39 Å². The van der Waals surface area contributed by atoms with Crippen LogP contribution in [0.5, 0.6) is 5.75 Å². The highest BCUT2D eigenvalue weighted by molar-refractivity contribution is 5.54. The summed E-state index contributed by atoms with van der Waals surface area (Å²) in [5.41, 5.74) is 3.34. The highest BCUT2D eigenvalue weighted by Crippen LogP contribution is 2.36. The van der Waals surface area contributed by atoms with Gasteiger partial charge in [-0.15, -0.1) is 10.2 Å². The predicted molar refractivity (Wildman–Crippen MR) is 104 cm³/mol. The van der Waals surface area contributed by atoms with Crippen LogP contribution in [0.4, 0.5) is 4.39 Å². The van der Waals surface area contributed by atoms with Gasteiger partial charge in [0.05, 0.1) is 7.11 Å². The standard InChI is InChI=1S/C21H24FN5O/c1-13(16-8-10-19(22)20(12-16)28-2)23-18-9-7-17(11-18)14-3-5-15(6-4-14)21-24-26-27-25-21/h3-6,8,10,12-13,17-18,23H,7,9,11H2,1-2H3,(H,24,25,26,27)/t13-,17?,18+/m1/s1. The highest BCUT2D eigenvalue weighted by atomic mass is 19.1. The fraction of sp³-hybridized carbons (Fsp3) is 0.381. The number of methoxy groups -OCH3 is 1. The molecule has 0 radical (unpaired) electrons. The number of H-pyrrole nitrogens is 1. The van der Waals surface area contributed by atoms with Crippen molar-refractivity contribution in [2.75, 3.05) is 7.11 Å². The van der Waals surface area contributed by atoms with Gasteiger partial charge in [-0.05, 0) is 60.6 Å². The van der Waals surface area contributed by atoms with E-state index in [2.05, 4.69) is 45.0 Å². The van der Waals surface area contributed by atoms with Gasteiger partial charge in [0.1, 0.15) is 0 Å². The Morgan fingerprint density at radius 3 is 2.71 bits per heavy atom. The monoisotopic (exact) mass is 381 g/mol. The van der Waals surface area contributed by atoms with Gasteiger partial charge >= 0.3 is 0 Å². The van der Waals surface area contributed by atoms with Crippen molar-refractivity contribution in [2.24, 2.45) is 0 Å². The summed E-state index contributed by atoms with van der Waals surface area (Å²) in [5.74, 6) is 1.11. The molecule has 0 bridgehead atoms. The Hall–Kier alpha value is -2.80. The molecule has 146 valence electrons. The Kier molecular flexibility index (Phi) is 5.34. The fourth-order valence-corrected chi connectivity index (χ4v) is 4.02. The van der Waals surface area contributed by atoms with Crippen LogP contribution in [0, 0.1) is 5.82 Å². The molecule has 28 heavy (non-hydrogen) atoms. The van der Waals surface area contributed by atoms with Crippen LogP contribution in [0.1, 0.15) is 49.3 Å². The van der Waals surface area contributed by atoms with Gasteiger partial charge in [-0.2, -0.15) is 5.21 Å². The lowest BCUT2D eigenvalue weighted by Crippen LogP contribution is -2.29. The lowest BCUT2D eigenvalue weighted by molar-refractivity contribution is 0.384. The number of hydrogen-bond acceptors (Lipinski definition) is 5. The second-order valence-electron chi connectivity index (χ2n) is 7.35. The number of tetrazole rings is 1. The summed E-state index contributed by atoms with van der Waals surface area (Å²) in [5, 5.41) is 17.8. The number of nitrogens with one attached hydrogen (secondary N) is 2. The molecule has 4 rings (SSSR count). The third kappa shape index (κ3) is 3.89. The molecular formula is C21H24FN5O. The van der Waals surface area contributed by atoms with E-state index >= 15 is 0 Å². The smallest absolute Gasteiger partial charge is 0.204 e. The van der Waals surface area contributed by atoms with Gasteiger partial charge in [0, 0.05) is 17.6 Å². The zero-order chi connectivity index (χ0) is 19.5. The second kappa shape index (κ2) is 8.06. The van der Waals surface area contributed by atoms with Crippen LogP contribution in [0.15, 0.2) is 42.5 Å². The van der Waals surface area contributed by atoms with Crippen molar-refractivity contribution in [1.29, 1.82) is 0 Å². The first-order valence-corrected chi connectivity index (χ1v) is 9.57. The van der Waals surface area contributed by atoms with Crippen molar-refractivity contribution in [3.8, 4) is 17.1 Å². The van der Waals surface area contributed by atoms with Crippen LogP contribution in [-0.2, 0) is 0 Å². The van der Waals surface area contributed by atoms with Gasteiger partial charge in [-0.1, -0.05) is 30.3 Å². The highest BCUT2D eigenvalue weighted by Gasteiger charge is 2.27. The molecular weight excluding hydrogens is 357 g/mol. The van der Waals surface area contributed by atoms with Gasteiger partial charge in [0.2, 0.25) is 5.82 Å². The molecule has 1 aliphatic carbocycles. The van der Waals surface area contributed by atoms with Gasteiger partial charge in [0.15, 0.2) is 11.6 Å². The Morgan fingerprint density at radius 2 is 2.00 bits per heavy atom.